The smallest absolute Gasteiger partial charge is 0.237 e. The molecule has 0 aromatic heterocycles. The van der Waals surface area contributed by atoms with E-state index in [0.29, 0.717) is 6.07 Å². The van der Waals surface area contributed by atoms with Crippen molar-refractivity contribution in [2.24, 2.45) is 0 Å². The molecule has 96 valence electrons. The van der Waals surface area contributed by atoms with E-state index in [2.05, 4.69) is 0 Å². The first kappa shape index (κ1) is 14.1. The highest BCUT2D eigenvalue weighted by Crippen LogP contribution is 2.27. The third-order valence-corrected chi connectivity index (χ3v) is 4.03. The zero-order valence-electron chi connectivity index (χ0n) is 8.75. The molecule has 1 aromatic rings. The molecule has 0 heterocycles. The summed E-state index contributed by atoms with van der Waals surface area (Å²) in [5.41, 5.74) is -0.534. The second kappa shape index (κ2) is 5.16. The van der Waals surface area contributed by atoms with Crippen LogP contribution in [-0.2, 0) is 10.0 Å². The van der Waals surface area contributed by atoms with Crippen molar-refractivity contribution in [3.63, 3.8) is 0 Å². The Kier molecular flexibility index (Phi) is 4.29. The summed E-state index contributed by atoms with van der Waals surface area (Å²) >= 11 is 5.52. The number of halogens is 3. The Morgan fingerprint density at radius 3 is 2.53 bits per heavy atom. The van der Waals surface area contributed by atoms with Crippen LogP contribution < -0.4 is 4.72 Å². The normalized spacial score (nSPS) is 13.5. The van der Waals surface area contributed by atoms with Crippen LogP contribution in [0.1, 0.15) is 6.92 Å². The molecule has 4 nitrogen and oxygen atoms in total. The molecule has 1 unspecified atom stereocenters. The summed E-state index contributed by atoms with van der Waals surface area (Å²) in [4.78, 5) is 0. The van der Waals surface area contributed by atoms with Gasteiger partial charge in [0.1, 0.15) is 16.8 Å². The van der Waals surface area contributed by atoms with Gasteiger partial charge in [0.2, 0.25) is 10.0 Å². The van der Waals surface area contributed by atoms with Crippen LogP contribution in [0.2, 0.25) is 5.02 Å². The predicted octanol–water partition coefficient (Wildman–Crippen LogP) is 1.74. The number of hydrogen-bond acceptors (Lipinski definition) is 3. The molecular formula is C9H10ClF2NO3S. The summed E-state index contributed by atoms with van der Waals surface area (Å²) in [5.74, 6) is -2.03. The fourth-order valence-corrected chi connectivity index (χ4v) is 2.17. The molecule has 0 aliphatic rings. The second-order valence-electron chi connectivity index (χ2n) is 3.38. The molecule has 1 atom stereocenters. The van der Waals surface area contributed by atoms with Crippen molar-refractivity contribution < 1.29 is 22.3 Å². The van der Waals surface area contributed by atoms with Gasteiger partial charge in [-0.1, -0.05) is 11.6 Å². The lowest BCUT2D eigenvalue weighted by Crippen LogP contribution is -2.28. The summed E-state index contributed by atoms with van der Waals surface area (Å²) in [5, 5.41) is 7.20. The van der Waals surface area contributed by atoms with Gasteiger partial charge in [-0.25, -0.2) is 17.2 Å². The lowest BCUT2D eigenvalue weighted by molar-refractivity contribution is 0.296. The van der Waals surface area contributed by atoms with Gasteiger partial charge in [-0.3, -0.25) is 4.72 Å². The van der Waals surface area contributed by atoms with E-state index in [4.69, 9.17) is 16.7 Å². The van der Waals surface area contributed by atoms with E-state index in [-0.39, 0.29) is 0 Å². The molecule has 0 saturated carbocycles. The standard InChI is InChI=1S/C9H10ClF2NO3S/c1-5(4-14)17(15,16)13-9-7(10)2-6(11)3-8(9)12/h2-3,5,13-14H,4H2,1H3. The number of aliphatic hydroxyl groups excluding tert-OH is 1. The molecule has 0 aliphatic heterocycles. The molecule has 8 heteroatoms. The van der Waals surface area contributed by atoms with E-state index in [1.807, 2.05) is 4.72 Å². The Morgan fingerprint density at radius 2 is 2.06 bits per heavy atom. The fourth-order valence-electron chi connectivity index (χ4n) is 0.981. The van der Waals surface area contributed by atoms with Crippen molar-refractivity contribution in [2.75, 3.05) is 11.3 Å². The maximum atomic E-state index is 13.3. The number of benzene rings is 1. The average Bonchev–Trinajstić information content (AvgIpc) is 2.22. The summed E-state index contributed by atoms with van der Waals surface area (Å²) in [6, 6.07) is 1.29. The van der Waals surface area contributed by atoms with Crippen LogP contribution in [0.25, 0.3) is 0 Å². The molecule has 0 aliphatic carbocycles. The number of anilines is 1. The number of aliphatic hydroxyl groups is 1. The monoisotopic (exact) mass is 285 g/mol. The molecule has 0 saturated heterocycles. The van der Waals surface area contributed by atoms with Gasteiger partial charge in [0.15, 0.2) is 5.82 Å². The van der Waals surface area contributed by atoms with Crippen LogP contribution in [0.15, 0.2) is 12.1 Å². The summed E-state index contributed by atoms with van der Waals surface area (Å²) in [7, 11) is -3.97. The maximum absolute atomic E-state index is 13.3. The summed E-state index contributed by atoms with van der Waals surface area (Å²) in [6.45, 7) is 0.605. The van der Waals surface area contributed by atoms with Crippen molar-refractivity contribution in [3.8, 4) is 0 Å². The first-order chi connectivity index (χ1) is 7.77. The molecule has 0 spiro atoms. The van der Waals surface area contributed by atoms with Crippen LogP contribution in [0.3, 0.4) is 0 Å². The number of hydrogen-bond donors (Lipinski definition) is 2. The van der Waals surface area contributed by atoms with Gasteiger partial charge in [0.25, 0.3) is 0 Å². The van der Waals surface area contributed by atoms with Crippen molar-refractivity contribution >= 4 is 27.3 Å². The number of nitrogens with one attached hydrogen (secondary N) is 1. The van der Waals surface area contributed by atoms with Crippen LogP contribution in [0.5, 0.6) is 0 Å². The van der Waals surface area contributed by atoms with Gasteiger partial charge in [0, 0.05) is 6.07 Å². The lowest BCUT2D eigenvalue weighted by Gasteiger charge is -2.14. The van der Waals surface area contributed by atoms with Gasteiger partial charge in [-0.15, -0.1) is 0 Å². The average molecular weight is 286 g/mol. The topological polar surface area (TPSA) is 66.4 Å². The minimum atomic E-state index is -3.97. The molecule has 17 heavy (non-hydrogen) atoms. The Hall–Kier alpha value is -0.920. The molecule has 0 radical (unpaired) electrons. The van der Waals surface area contributed by atoms with Crippen LogP contribution in [-0.4, -0.2) is 25.4 Å². The summed E-state index contributed by atoms with van der Waals surface area (Å²) in [6.07, 6.45) is 0. The molecule has 1 aromatic carbocycles. The van der Waals surface area contributed by atoms with Gasteiger partial charge in [0.05, 0.1) is 11.6 Å². The second-order valence-corrected chi connectivity index (χ2v) is 5.89. The highest BCUT2D eigenvalue weighted by Gasteiger charge is 2.23. The largest absolute Gasteiger partial charge is 0.395 e. The Balaban J connectivity index is 3.13. The lowest BCUT2D eigenvalue weighted by atomic mass is 10.3. The SMILES string of the molecule is CC(CO)S(=O)(=O)Nc1c(F)cc(F)cc1Cl. The fraction of sp³-hybridized carbons (Fsp3) is 0.333. The quantitative estimate of drug-likeness (QED) is 0.885. The first-order valence-corrected chi connectivity index (χ1v) is 6.47. The summed E-state index contributed by atoms with van der Waals surface area (Å²) < 4.78 is 51.0. The van der Waals surface area contributed by atoms with E-state index in [1.54, 1.807) is 0 Å². The minimum absolute atomic E-state index is 0.392. The third-order valence-electron chi connectivity index (χ3n) is 2.04. The van der Waals surface area contributed by atoms with E-state index in [0.717, 1.165) is 6.07 Å². The number of rotatable bonds is 4. The van der Waals surface area contributed by atoms with Gasteiger partial charge < -0.3 is 5.11 Å². The van der Waals surface area contributed by atoms with Gasteiger partial charge >= 0.3 is 0 Å². The third kappa shape index (κ3) is 3.27. The van der Waals surface area contributed by atoms with Crippen molar-refractivity contribution in [2.45, 2.75) is 12.2 Å². The Morgan fingerprint density at radius 1 is 1.47 bits per heavy atom. The van der Waals surface area contributed by atoms with Crippen LogP contribution >= 0.6 is 11.6 Å². The van der Waals surface area contributed by atoms with Crippen LogP contribution in [0.4, 0.5) is 14.5 Å². The van der Waals surface area contributed by atoms with Crippen molar-refractivity contribution in [1.29, 1.82) is 0 Å². The molecule has 2 N–H and O–H groups in total. The Bertz CT molecular complexity index is 498. The highest BCUT2D eigenvalue weighted by molar-refractivity contribution is 7.93. The van der Waals surface area contributed by atoms with E-state index < -0.39 is 44.2 Å². The molecular weight excluding hydrogens is 276 g/mol. The Labute approximate surface area is 102 Å². The van der Waals surface area contributed by atoms with E-state index in [9.17, 15) is 17.2 Å². The van der Waals surface area contributed by atoms with E-state index in [1.165, 1.54) is 6.92 Å². The first-order valence-electron chi connectivity index (χ1n) is 4.55. The molecule has 0 bridgehead atoms. The van der Waals surface area contributed by atoms with Crippen LogP contribution in [0, 0.1) is 11.6 Å². The van der Waals surface area contributed by atoms with E-state index >= 15 is 0 Å². The highest BCUT2D eigenvalue weighted by atomic mass is 35.5. The molecule has 0 fully saturated rings. The van der Waals surface area contributed by atoms with Gasteiger partial charge in [-0.05, 0) is 13.0 Å². The zero-order valence-corrected chi connectivity index (χ0v) is 10.3. The van der Waals surface area contributed by atoms with Crippen molar-refractivity contribution in [1.82, 2.24) is 0 Å². The van der Waals surface area contributed by atoms with Gasteiger partial charge in [-0.2, -0.15) is 0 Å². The van der Waals surface area contributed by atoms with Crippen molar-refractivity contribution in [3.05, 3.63) is 28.8 Å². The number of sulfonamides is 1. The minimum Gasteiger partial charge on any atom is -0.395 e. The molecule has 1 rings (SSSR count). The predicted molar refractivity (Wildman–Crippen MR) is 60.5 cm³/mol. The zero-order chi connectivity index (χ0) is 13.2. The molecule has 0 amide bonds. The maximum Gasteiger partial charge on any atom is 0.237 e.